The largest absolute Gasteiger partial charge is 0.355 e. The minimum atomic E-state index is -0.125. The van der Waals surface area contributed by atoms with Gasteiger partial charge in [-0.25, -0.2) is 0 Å². The summed E-state index contributed by atoms with van der Waals surface area (Å²) in [5.41, 5.74) is 5.41. The van der Waals surface area contributed by atoms with Gasteiger partial charge in [0.2, 0.25) is 5.91 Å². The first-order valence-corrected chi connectivity index (χ1v) is 10.1. The second-order valence-electron chi connectivity index (χ2n) is 7.93. The van der Waals surface area contributed by atoms with Crippen molar-refractivity contribution in [3.05, 3.63) is 70.3 Å². The van der Waals surface area contributed by atoms with E-state index in [0.717, 1.165) is 42.5 Å². The normalized spacial score (nSPS) is 16.7. The van der Waals surface area contributed by atoms with Crippen molar-refractivity contribution in [1.82, 2.24) is 10.2 Å². The van der Waals surface area contributed by atoms with Gasteiger partial charge in [-0.15, -0.1) is 0 Å². The summed E-state index contributed by atoms with van der Waals surface area (Å²) in [5.74, 6) is -0.0313. The predicted molar refractivity (Wildman–Crippen MR) is 112 cm³/mol. The van der Waals surface area contributed by atoms with Crippen LogP contribution in [0, 0.1) is 26.7 Å². The fourth-order valence-electron chi connectivity index (χ4n) is 4.01. The van der Waals surface area contributed by atoms with Crippen LogP contribution in [0.4, 0.5) is 0 Å². The number of nitrogens with zero attached hydrogens (tertiary/aromatic N) is 1. The summed E-state index contributed by atoms with van der Waals surface area (Å²) >= 11 is 0. The van der Waals surface area contributed by atoms with Crippen molar-refractivity contribution < 1.29 is 9.59 Å². The maximum absolute atomic E-state index is 12.9. The van der Waals surface area contributed by atoms with Gasteiger partial charge in [-0.05, 0) is 63.3 Å². The molecule has 1 fully saturated rings. The molecule has 4 nitrogen and oxygen atoms in total. The Morgan fingerprint density at radius 3 is 2.50 bits per heavy atom. The molecule has 2 amide bonds. The third-order valence-corrected chi connectivity index (χ3v) is 5.50. The molecule has 148 valence electrons. The van der Waals surface area contributed by atoms with Gasteiger partial charge in [-0.3, -0.25) is 9.59 Å². The van der Waals surface area contributed by atoms with Crippen molar-refractivity contribution in [2.45, 2.75) is 40.0 Å². The minimum Gasteiger partial charge on any atom is -0.355 e. The van der Waals surface area contributed by atoms with Crippen LogP contribution in [0.1, 0.15) is 45.5 Å². The molecule has 0 spiro atoms. The van der Waals surface area contributed by atoms with E-state index in [0.29, 0.717) is 13.1 Å². The predicted octanol–water partition coefficient (Wildman–Crippen LogP) is 3.82. The standard InChI is InChI=1S/C24H30N2O2/c1-17-13-18(2)15-22(14-17)24(28)26-12-6-9-21(16-26)23(27)25-11-10-20-8-5-4-7-19(20)3/h4-5,7-8,13-15,21H,6,9-12,16H2,1-3H3,(H,25,27)/t21-/m0/s1. The summed E-state index contributed by atoms with van der Waals surface area (Å²) in [6.45, 7) is 7.95. The number of amides is 2. The summed E-state index contributed by atoms with van der Waals surface area (Å²) < 4.78 is 0. The average molecular weight is 379 g/mol. The quantitative estimate of drug-likeness (QED) is 0.860. The topological polar surface area (TPSA) is 49.4 Å². The van der Waals surface area contributed by atoms with E-state index in [1.165, 1.54) is 11.1 Å². The van der Waals surface area contributed by atoms with E-state index in [9.17, 15) is 9.59 Å². The van der Waals surface area contributed by atoms with Gasteiger partial charge in [0.25, 0.3) is 5.91 Å². The van der Waals surface area contributed by atoms with Crippen LogP contribution >= 0.6 is 0 Å². The third kappa shape index (κ3) is 5.00. The van der Waals surface area contributed by atoms with Gasteiger partial charge < -0.3 is 10.2 Å². The van der Waals surface area contributed by atoms with Gasteiger partial charge in [-0.2, -0.15) is 0 Å². The van der Waals surface area contributed by atoms with Crippen molar-refractivity contribution in [3.8, 4) is 0 Å². The van der Waals surface area contributed by atoms with Crippen LogP contribution < -0.4 is 5.32 Å². The molecular weight excluding hydrogens is 348 g/mol. The second kappa shape index (κ2) is 9.05. The van der Waals surface area contributed by atoms with E-state index in [2.05, 4.69) is 30.4 Å². The van der Waals surface area contributed by atoms with Crippen LogP contribution in [-0.2, 0) is 11.2 Å². The van der Waals surface area contributed by atoms with Gasteiger partial charge >= 0.3 is 0 Å². The number of hydrogen-bond donors (Lipinski definition) is 1. The van der Waals surface area contributed by atoms with Gasteiger partial charge in [-0.1, -0.05) is 41.5 Å². The number of aryl methyl sites for hydroxylation is 3. The van der Waals surface area contributed by atoms with Crippen molar-refractivity contribution in [1.29, 1.82) is 0 Å². The molecule has 0 radical (unpaired) electrons. The van der Waals surface area contributed by atoms with Crippen LogP contribution in [0.5, 0.6) is 0 Å². The second-order valence-corrected chi connectivity index (χ2v) is 7.93. The van der Waals surface area contributed by atoms with Crippen molar-refractivity contribution in [3.63, 3.8) is 0 Å². The van der Waals surface area contributed by atoms with E-state index < -0.39 is 0 Å². The van der Waals surface area contributed by atoms with Gasteiger partial charge in [0, 0.05) is 25.2 Å². The Labute approximate surface area is 167 Å². The number of carbonyl (C=O) groups is 2. The molecule has 1 atom stereocenters. The molecule has 1 heterocycles. The molecule has 2 aromatic rings. The molecule has 4 heteroatoms. The number of hydrogen-bond acceptors (Lipinski definition) is 2. The number of likely N-dealkylation sites (tertiary alicyclic amines) is 1. The Morgan fingerprint density at radius 1 is 1.07 bits per heavy atom. The Balaban J connectivity index is 1.55. The van der Waals surface area contributed by atoms with Crippen LogP contribution in [-0.4, -0.2) is 36.3 Å². The van der Waals surface area contributed by atoms with Crippen LogP contribution in [0.15, 0.2) is 42.5 Å². The zero-order chi connectivity index (χ0) is 20.1. The molecule has 0 aliphatic carbocycles. The highest BCUT2D eigenvalue weighted by molar-refractivity contribution is 5.95. The van der Waals surface area contributed by atoms with Crippen molar-refractivity contribution in [2.24, 2.45) is 5.92 Å². The number of benzene rings is 2. The number of rotatable bonds is 5. The highest BCUT2D eigenvalue weighted by Crippen LogP contribution is 2.20. The summed E-state index contributed by atoms with van der Waals surface area (Å²) in [7, 11) is 0. The number of nitrogens with one attached hydrogen (secondary N) is 1. The summed E-state index contributed by atoms with van der Waals surface area (Å²) in [5, 5.41) is 3.07. The Hall–Kier alpha value is -2.62. The Kier molecular flexibility index (Phi) is 6.50. The molecule has 0 saturated carbocycles. The van der Waals surface area contributed by atoms with E-state index in [1.54, 1.807) is 0 Å². The molecule has 1 aliphatic rings. The molecule has 1 N–H and O–H groups in total. The molecule has 2 aromatic carbocycles. The maximum atomic E-state index is 12.9. The zero-order valence-corrected chi connectivity index (χ0v) is 17.1. The van der Waals surface area contributed by atoms with E-state index in [1.807, 2.05) is 43.0 Å². The number of carbonyl (C=O) groups excluding carboxylic acids is 2. The first-order chi connectivity index (χ1) is 13.4. The first-order valence-electron chi connectivity index (χ1n) is 10.1. The lowest BCUT2D eigenvalue weighted by molar-refractivity contribution is -0.126. The molecular formula is C24H30N2O2. The highest BCUT2D eigenvalue weighted by Gasteiger charge is 2.28. The Bertz CT molecular complexity index is 839. The van der Waals surface area contributed by atoms with E-state index in [4.69, 9.17) is 0 Å². The van der Waals surface area contributed by atoms with Crippen molar-refractivity contribution in [2.75, 3.05) is 19.6 Å². The molecule has 1 aliphatic heterocycles. The molecule has 28 heavy (non-hydrogen) atoms. The Morgan fingerprint density at radius 2 is 1.79 bits per heavy atom. The maximum Gasteiger partial charge on any atom is 0.253 e. The van der Waals surface area contributed by atoms with Gasteiger partial charge in [0.1, 0.15) is 0 Å². The highest BCUT2D eigenvalue weighted by atomic mass is 16.2. The molecule has 3 rings (SSSR count). The minimum absolute atomic E-state index is 0.0317. The summed E-state index contributed by atoms with van der Waals surface area (Å²) in [6.07, 6.45) is 2.54. The monoisotopic (exact) mass is 378 g/mol. The molecule has 0 aromatic heterocycles. The van der Waals surface area contributed by atoms with E-state index >= 15 is 0 Å². The molecule has 0 unspecified atom stereocenters. The third-order valence-electron chi connectivity index (χ3n) is 5.50. The van der Waals surface area contributed by atoms with Gasteiger partial charge in [0.15, 0.2) is 0 Å². The summed E-state index contributed by atoms with van der Waals surface area (Å²) in [4.78, 5) is 27.4. The van der Waals surface area contributed by atoms with Crippen LogP contribution in [0.3, 0.4) is 0 Å². The van der Waals surface area contributed by atoms with Crippen molar-refractivity contribution >= 4 is 11.8 Å². The fourth-order valence-corrected chi connectivity index (χ4v) is 4.01. The lowest BCUT2D eigenvalue weighted by Gasteiger charge is -2.32. The number of piperidine rings is 1. The SMILES string of the molecule is Cc1cc(C)cc(C(=O)N2CCC[C@H](C(=O)NCCc3ccccc3C)C2)c1. The van der Waals surface area contributed by atoms with Gasteiger partial charge in [0.05, 0.1) is 5.92 Å². The summed E-state index contributed by atoms with van der Waals surface area (Å²) in [6, 6.07) is 14.2. The lowest BCUT2D eigenvalue weighted by Crippen LogP contribution is -2.45. The van der Waals surface area contributed by atoms with E-state index in [-0.39, 0.29) is 17.7 Å². The molecule has 1 saturated heterocycles. The molecule has 0 bridgehead atoms. The smallest absolute Gasteiger partial charge is 0.253 e. The van der Waals surface area contributed by atoms with Crippen LogP contribution in [0.25, 0.3) is 0 Å². The first kappa shape index (κ1) is 20.1. The zero-order valence-electron chi connectivity index (χ0n) is 17.1. The lowest BCUT2D eigenvalue weighted by atomic mass is 9.96. The fraction of sp³-hybridized carbons (Fsp3) is 0.417. The average Bonchev–Trinajstić information content (AvgIpc) is 2.68. The van der Waals surface area contributed by atoms with Crippen LogP contribution in [0.2, 0.25) is 0 Å².